The molecule has 1 heteroatoms. The zero-order chi connectivity index (χ0) is 14.3. The monoisotopic (exact) mass is 258 g/mol. The quantitative estimate of drug-likeness (QED) is 0.614. The van der Waals surface area contributed by atoms with Gasteiger partial charge in [-0.25, -0.2) is 0 Å². The van der Waals surface area contributed by atoms with Gasteiger partial charge in [0.2, 0.25) is 0 Å². The Labute approximate surface area is 118 Å². The largest absolute Gasteiger partial charge is 0.367 e. The zero-order valence-electron chi connectivity index (χ0n) is 12.7. The molecule has 0 bridgehead atoms. The highest BCUT2D eigenvalue weighted by atomic mass is 16.5. The first-order valence-electron chi connectivity index (χ1n) is 6.93. The van der Waals surface area contributed by atoms with Crippen molar-refractivity contribution in [3.05, 3.63) is 59.7 Å². The lowest BCUT2D eigenvalue weighted by molar-refractivity contribution is -0.0266. The first-order chi connectivity index (χ1) is 8.98. The summed E-state index contributed by atoms with van der Waals surface area (Å²) in [4.78, 5) is 0. The first kappa shape index (κ1) is 15.7. The molecular weight excluding hydrogens is 232 g/mol. The Kier molecular flexibility index (Phi) is 6.04. The molecule has 104 valence electrons. The fraction of sp³-hybridized carbons (Fsp3) is 0.444. The van der Waals surface area contributed by atoms with Crippen LogP contribution in [0.2, 0.25) is 0 Å². The molecule has 0 spiro atoms. The van der Waals surface area contributed by atoms with E-state index in [-0.39, 0.29) is 5.60 Å². The van der Waals surface area contributed by atoms with E-state index < -0.39 is 0 Å². The van der Waals surface area contributed by atoms with Crippen LogP contribution in [0.5, 0.6) is 0 Å². The number of benzene rings is 1. The average molecular weight is 258 g/mol. The van der Waals surface area contributed by atoms with Gasteiger partial charge in [0.25, 0.3) is 0 Å². The van der Waals surface area contributed by atoms with Crippen molar-refractivity contribution in [1.82, 2.24) is 0 Å². The van der Waals surface area contributed by atoms with E-state index in [1.165, 1.54) is 16.7 Å². The Hall–Kier alpha value is -1.34. The van der Waals surface area contributed by atoms with Crippen LogP contribution in [0, 0.1) is 6.92 Å². The maximum absolute atomic E-state index is 6.04. The summed E-state index contributed by atoms with van der Waals surface area (Å²) < 4.78 is 6.04. The van der Waals surface area contributed by atoms with Gasteiger partial charge in [-0.3, -0.25) is 0 Å². The van der Waals surface area contributed by atoms with Gasteiger partial charge in [0.05, 0.1) is 12.2 Å². The van der Waals surface area contributed by atoms with Gasteiger partial charge in [-0.2, -0.15) is 0 Å². The van der Waals surface area contributed by atoms with Gasteiger partial charge >= 0.3 is 0 Å². The molecule has 1 atom stereocenters. The standard InChI is InChI=1S/C18H26O/c1-6-14-19-18(5,13-7-8-15(2)3)17-11-9-16(4)10-12-17/h6,8-12H,1,7,13-14H2,2-5H3/t18-/m0/s1. The summed E-state index contributed by atoms with van der Waals surface area (Å²) in [5, 5.41) is 0. The highest BCUT2D eigenvalue weighted by Gasteiger charge is 2.26. The molecule has 0 aliphatic heterocycles. The summed E-state index contributed by atoms with van der Waals surface area (Å²) in [5.74, 6) is 0. The molecule has 0 fully saturated rings. The second-order valence-corrected chi connectivity index (χ2v) is 5.52. The molecule has 0 aliphatic carbocycles. The smallest absolute Gasteiger partial charge is 0.0910 e. The molecular formula is C18H26O. The van der Waals surface area contributed by atoms with Crippen molar-refractivity contribution >= 4 is 0 Å². The minimum Gasteiger partial charge on any atom is -0.367 e. The zero-order valence-corrected chi connectivity index (χ0v) is 12.7. The fourth-order valence-corrected chi connectivity index (χ4v) is 2.09. The minimum absolute atomic E-state index is 0.242. The minimum atomic E-state index is -0.242. The number of rotatable bonds is 7. The Balaban J connectivity index is 2.87. The Morgan fingerprint density at radius 3 is 2.42 bits per heavy atom. The number of allylic oxidation sites excluding steroid dienone is 2. The second kappa shape index (κ2) is 7.30. The van der Waals surface area contributed by atoms with Crippen LogP contribution in [0.15, 0.2) is 48.6 Å². The topological polar surface area (TPSA) is 9.23 Å². The first-order valence-corrected chi connectivity index (χ1v) is 6.93. The number of hydrogen-bond donors (Lipinski definition) is 0. The molecule has 0 N–H and O–H groups in total. The van der Waals surface area contributed by atoms with E-state index in [0.29, 0.717) is 6.61 Å². The van der Waals surface area contributed by atoms with Gasteiger partial charge in [0, 0.05) is 0 Å². The van der Waals surface area contributed by atoms with Crippen LogP contribution in [0.4, 0.5) is 0 Å². The Morgan fingerprint density at radius 2 is 1.89 bits per heavy atom. The second-order valence-electron chi connectivity index (χ2n) is 5.52. The van der Waals surface area contributed by atoms with Crippen LogP contribution < -0.4 is 0 Å². The third kappa shape index (κ3) is 5.04. The predicted molar refractivity (Wildman–Crippen MR) is 83.3 cm³/mol. The summed E-state index contributed by atoms with van der Waals surface area (Å²) in [6.07, 6.45) is 6.09. The SMILES string of the molecule is C=CCO[C@@](C)(CCC=C(C)C)c1ccc(C)cc1. The van der Waals surface area contributed by atoms with E-state index in [4.69, 9.17) is 4.74 Å². The highest BCUT2D eigenvalue weighted by molar-refractivity contribution is 5.26. The normalized spacial score (nSPS) is 13.7. The van der Waals surface area contributed by atoms with Gasteiger partial charge in [0.15, 0.2) is 0 Å². The van der Waals surface area contributed by atoms with Crippen LogP contribution in [0.25, 0.3) is 0 Å². The van der Waals surface area contributed by atoms with Gasteiger partial charge in [-0.15, -0.1) is 6.58 Å². The van der Waals surface area contributed by atoms with Crippen LogP contribution in [0.1, 0.15) is 44.7 Å². The lowest BCUT2D eigenvalue weighted by atomic mass is 9.90. The fourth-order valence-electron chi connectivity index (χ4n) is 2.09. The molecule has 1 nitrogen and oxygen atoms in total. The lowest BCUT2D eigenvalue weighted by Gasteiger charge is -2.30. The van der Waals surface area contributed by atoms with E-state index in [9.17, 15) is 0 Å². The number of ether oxygens (including phenoxy) is 1. The van der Waals surface area contributed by atoms with Crippen LogP contribution >= 0.6 is 0 Å². The maximum atomic E-state index is 6.04. The molecule has 0 aromatic heterocycles. The van der Waals surface area contributed by atoms with Gasteiger partial charge in [-0.1, -0.05) is 47.6 Å². The molecule has 1 rings (SSSR count). The number of aryl methyl sites for hydroxylation is 1. The number of hydrogen-bond acceptors (Lipinski definition) is 1. The molecule has 0 heterocycles. The Bertz CT molecular complexity index is 424. The molecule has 1 aromatic rings. The predicted octanol–water partition coefficient (Wildman–Crippen LogP) is 5.16. The molecule has 0 radical (unpaired) electrons. The van der Waals surface area contributed by atoms with Gasteiger partial charge in [-0.05, 0) is 46.1 Å². The van der Waals surface area contributed by atoms with Gasteiger partial charge < -0.3 is 4.74 Å². The third-order valence-corrected chi connectivity index (χ3v) is 3.36. The van der Waals surface area contributed by atoms with Crippen LogP contribution in [-0.4, -0.2) is 6.61 Å². The Morgan fingerprint density at radius 1 is 1.26 bits per heavy atom. The summed E-state index contributed by atoms with van der Waals surface area (Å²) in [5.41, 5.74) is 3.63. The third-order valence-electron chi connectivity index (χ3n) is 3.36. The van der Waals surface area contributed by atoms with Crippen molar-refractivity contribution in [2.75, 3.05) is 6.61 Å². The summed E-state index contributed by atoms with van der Waals surface area (Å²) >= 11 is 0. The van der Waals surface area contributed by atoms with E-state index in [1.807, 2.05) is 6.08 Å². The van der Waals surface area contributed by atoms with E-state index >= 15 is 0 Å². The van der Waals surface area contributed by atoms with Crippen molar-refractivity contribution in [2.45, 2.75) is 46.1 Å². The molecule has 0 saturated carbocycles. The van der Waals surface area contributed by atoms with E-state index in [0.717, 1.165) is 12.8 Å². The molecule has 0 aliphatic rings. The van der Waals surface area contributed by atoms with Crippen LogP contribution in [-0.2, 0) is 10.3 Å². The van der Waals surface area contributed by atoms with Gasteiger partial charge in [0.1, 0.15) is 0 Å². The molecule has 0 amide bonds. The lowest BCUT2D eigenvalue weighted by Crippen LogP contribution is -2.26. The van der Waals surface area contributed by atoms with Crippen molar-refractivity contribution in [2.24, 2.45) is 0 Å². The van der Waals surface area contributed by atoms with Crippen molar-refractivity contribution in [3.63, 3.8) is 0 Å². The summed E-state index contributed by atoms with van der Waals surface area (Å²) in [6, 6.07) is 8.62. The summed E-state index contributed by atoms with van der Waals surface area (Å²) in [6.45, 7) is 12.9. The van der Waals surface area contributed by atoms with Crippen molar-refractivity contribution in [3.8, 4) is 0 Å². The molecule has 1 aromatic carbocycles. The van der Waals surface area contributed by atoms with Crippen molar-refractivity contribution in [1.29, 1.82) is 0 Å². The van der Waals surface area contributed by atoms with E-state index in [2.05, 4.69) is 64.6 Å². The molecule has 0 unspecified atom stereocenters. The average Bonchev–Trinajstić information content (AvgIpc) is 2.36. The molecule has 19 heavy (non-hydrogen) atoms. The molecule has 0 saturated heterocycles. The summed E-state index contributed by atoms with van der Waals surface area (Å²) in [7, 11) is 0. The highest BCUT2D eigenvalue weighted by Crippen LogP contribution is 2.31. The van der Waals surface area contributed by atoms with E-state index in [1.54, 1.807) is 0 Å². The van der Waals surface area contributed by atoms with Crippen LogP contribution in [0.3, 0.4) is 0 Å². The van der Waals surface area contributed by atoms with Crippen molar-refractivity contribution < 1.29 is 4.74 Å². The maximum Gasteiger partial charge on any atom is 0.0910 e.